The third-order valence-corrected chi connectivity index (χ3v) is 3.22. The van der Waals surface area contributed by atoms with Crippen molar-refractivity contribution in [3.8, 4) is 11.4 Å². The molecule has 0 aliphatic heterocycles. The Morgan fingerprint density at radius 2 is 1.95 bits per heavy atom. The number of halogens is 3. The van der Waals surface area contributed by atoms with Crippen LogP contribution in [-0.4, -0.2) is 21.0 Å². The van der Waals surface area contributed by atoms with Crippen LogP contribution in [-0.2, 0) is 0 Å². The summed E-state index contributed by atoms with van der Waals surface area (Å²) in [6.07, 6.45) is 0. The molecule has 0 saturated carbocycles. The predicted octanol–water partition coefficient (Wildman–Crippen LogP) is 3.86. The molecule has 1 aromatic heterocycles. The monoisotopic (exact) mass is 308 g/mol. The number of fused-ring (bicyclic) bond motifs is 1. The van der Waals surface area contributed by atoms with Gasteiger partial charge in [0.1, 0.15) is 17.5 Å². The van der Waals surface area contributed by atoms with Gasteiger partial charge in [-0.05, 0) is 24.3 Å². The second-order valence-electron chi connectivity index (χ2n) is 4.36. The van der Waals surface area contributed by atoms with Crippen LogP contribution in [0.2, 0.25) is 5.02 Å². The van der Waals surface area contributed by atoms with Crippen LogP contribution in [0.4, 0.5) is 8.78 Å². The van der Waals surface area contributed by atoms with Gasteiger partial charge in [-0.1, -0.05) is 11.6 Å². The largest absolute Gasteiger partial charge is 0.478 e. The molecule has 0 atom stereocenters. The zero-order valence-electron chi connectivity index (χ0n) is 10.3. The van der Waals surface area contributed by atoms with Crippen LogP contribution in [0.15, 0.2) is 30.3 Å². The molecule has 0 fully saturated rings. The number of benzene rings is 2. The van der Waals surface area contributed by atoms with Crippen molar-refractivity contribution in [3.63, 3.8) is 0 Å². The van der Waals surface area contributed by atoms with Crippen LogP contribution in [0, 0.1) is 11.6 Å². The molecule has 2 N–H and O–H groups in total. The van der Waals surface area contributed by atoms with Crippen molar-refractivity contribution >= 4 is 28.6 Å². The second-order valence-corrected chi connectivity index (χ2v) is 4.80. The number of hydrogen-bond acceptors (Lipinski definition) is 2. The first kappa shape index (κ1) is 13.5. The third kappa shape index (κ3) is 2.34. The van der Waals surface area contributed by atoms with Crippen molar-refractivity contribution < 1.29 is 18.7 Å². The Bertz CT molecular complexity index is 877. The number of aromatic carboxylic acids is 1. The lowest BCUT2D eigenvalue weighted by atomic mass is 10.2. The SMILES string of the molecule is O=C(O)c1cc2nc(-c3cc(Cl)ccc3F)[nH]c2cc1F. The van der Waals surface area contributed by atoms with Crippen molar-refractivity contribution in [2.24, 2.45) is 0 Å². The quantitative estimate of drug-likeness (QED) is 0.755. The van der Waals surface area contributed by atoms with Crippen LogP contribution >= 0.6 is 11.6 Å². The highest BCUT2D eigenvalue weighted by Gasteiger charge is 2.16. The molecule has 0 spiro atoms. The summed E-state index contributed by atoms with van der Waals surface area (Å²) in [4.78, 5) is 17.7. The molecule has 2 aromatic carbocycles. The van der Waals surface area contributed by atoms with E-state index < -0.39 is 23.2 Å². The average Bonchev–Trinajstić information content (AvgIpc) is 2.82. The van der Waals surface area contributed by atoms with E-state index >= 15 is 0 Å². The Balaban J connectivity index is 2.21. The summed E-state index contributed by atoms with van der Waals surface area (Å²) in [7, 11) is 0. The van der Waals surface area contributed by atoms with E-state index in [1.54, 1.807) is 0 Å². The number of aromatic nitrogens is 2. The van der Waals surface area contributed by atoms with Gasteiger partial charge in [-0.3, -0.25) is 0 Å². The Morgan fingerprint density at radius 3 is 2.67 bits per heavy atom. The van der Waals surface area contributed by atoms with Gasteiger partial charge in [-0.2, -0.15) is 0 Å². The Kier molecular flexibility index (Phi) is 3.10. The standard InChI is InChI=1S/C14H7ClF2N2O2/c15-6-1-2-9(16)7(3-6)13-18-11-4-8(14(20)21)10(17)5-12(11)19-13/h1-5H,(H,18,19)(H,20,21). The van der Waals surface area contributed by atoms with E-state index in [1.165, 1.54) is 18.2 Å². The summed E-state index contributed by atoms with van der Waals surface area (Å²) < 4.78 is 27.4. The van der Waals surface area contributed by atoms with Gasteiger partial charge >= 0.3 is 5.97 Å². The summed E-state index contributed by atoms with van der Waals surface area (Å²) in [6, 6.07) is 6.07. The Hall–Kier alpha value is -2.47. The first-order valence-electron chi connectivity index (χ1n) is 5.83. The molecule has 106 valence electrons. The van der Waals surface area contributed by atoms with Crippen molar-refractivity contribution in [1.82, 2.24) is 9.97 Å². The summed E-state index contributed by atoms with van der Waals surface area (Å²) in [5.74, 6) is -2.69. The van der Waals surface area contributed by atoms with Crippen LogP contribution in [0.25, 0.3) is 22.4 Å². The molecular weight excluding hydrogens is 302 g/mol. The van der Waals surface area contributed by atoms with Gasteiger partial charge < -0.3 is 10.1 Å². The molecule has 7 heteroatoms. The molecular formula is C14H7ClF2N2O2. The van der Waals surface area contributed by atoms with Crippen molar-refractivity contribution in [2.75, 3.05) is 0 Å². The second kappa shape index (κ2) is 4.82. The number of rotatable bonds is 2. The third-order valence-electron chi connectivity index (χ3n) is 2.98. The molecule has 0 bridgehead atoms. The number of nitrogens with one attached hydrogen (secondary N) is 1. The molecule has 1 heterocycles. The van der Waals surface area contributed by atoms with Crippen molar-refractivity contribution in [2.45, 2.75) is 0 Å². The van der Waals surface area contributed by atoms with Gasteiger partial charge in [0, 0.05) is 11.1 Å². The van der Waals surface area contributed by atoms with Gasteiger partial charge in [0.05, 0.1) is 22.2 Å². The lowest BCUT2D eigenvalue weighted by molar-refractivity contribution is 0.0692. The Morgan fingerprint density at radius 1 is 1.19 bits per heavy atom. The summed E-state index contributed by atoms with van der Waals surface area (Å²) in [5.41, 5.74) is 0.123. The molecule has 3 rings (SSSR count). The summed E-state index contributed by atoms with van der Waals surface area (Å²) in [6.45, 7) is 0. The molecule has 0 aliphatic carbocycles. The van der Waals surface area contributed by atoms with E-state index in [9.17, 15) is 13.6 Å². The Labute approximate surface area is 122 Å². The zero-order valence-corrected chi connectivity index (χ0v) is 11.1. The van der Waals surface area contributed by atoms with E-state index in [1.807, 2.05) is 0 Å². The smallest absolute Gasteiger partial charge is 0.338 e. The topological polar surface area (TPSA) is 66.0 Å². The van der Waals surface area contributed by atoms with Crippen molar-refractivity contribution in [1.29, 1.82) is 0 Å². The highest BCUT2D eigenvalue weighted by atomic mass is 35.5. The highest BCUT2D eigenvalue weighted by molar-refractivity contribution is 6.30. The number of carbonyl (C=O) groups is 1. The zero-order chi connectivity index (χ0) is 15.1. The molecule has 0 saturated heterocycles. The lowest BCUT2D eigenvalue weighted by Crippen LogP contribution is -1.99. The lowest BCUT2D eigenvalue weighted by Gasteiger charge is -1.99. The highest BCUT2D eigenvalue weighted by Crippen LogP contribution is 2.27. The average molecular weight is 309 g/mol. The van der Waals surface area contributed by atoms with Crippen LogP contribution in [0.1, 0.15) is 10.4 Å². The number of nitrogens with zero attached hydrogens (tertiary/aromatic N) is 1. The van der Waals surface area contributed by atoms with Gasteiger partial charge in [-0.15, -0.1) is 0 Å². The van der Waals surface area contributed by atoms with Gasteiger partial charge in [0.2, 0.25) is 0 Å². The minimum absolute atomic E-state index is 0.121. The minimum atomic E-state index is -1.40. The van der Waals surface area contributed by atoms with E-state index in [-0.39, 0.29) is 22.4 Å². The fraction of sp³-hybridized carbons (Fsp3) is 0. The summed E-state index contributed by atoms with van der Waals surface area (Å²) >= 11 is 5.81. The van der Waals surface area contributed by atoms with E-state index in [4.69, 9.17) is 16.7 Å². The molecule has 0 amide bonds. The normalized spacial score (nSPS) is 11.0. The van der Waals surface area contributed by atoms with Crippen LogP contribution in [0.3, 0.4) is 0 Å². The molecule has 0 unspecified atom stereocenters. The van der Waals surface area contributed by atoms with Crippen LogP contribution in [0.5, 0.6) is 0 Å². The fourth-order valence-corrected chi connectivity index (χ4v) is 2.17. The first-order valence-corrected chi connectivity index (χ1v) is 6.21. The number of aromatic amines is 1. The predicted molar refractivity (Wildman–Crippen MR) is 73.4 cm³/mol. The van der Waals surface area contributed by atoms with E-state index in [0.29, 0.717) is 5.02 Å². The number of carboxylic acids is 1. The number of imidazole rings is 1. The number of carboxylic acid groups (broad SMARTS) is 1. The molecule has 0 radical (unpaired) electrons. The number of hydrogen-bond donors (Lipinski definition) is 2. The van der Waals surface area contributed by atoms with Crippen LogP contribution < -0.4 is 0 Å². The van der Waals surface area contributed by atoms with Gasteiger partial charge in [0.15, 0.2) is 0 Å². The van der Waals surface area contributed by atoms with Crippen molar-refractivity contribution in [3.05, 3.63) is 52.6 Å². The summed E-state index contributed by atoms with van der Waals surface area (Å²) in [5, 5.41) is 9.20. The molecule has 4 nitrogen and oxygen atoms in total. The maximum absolute atomic E-state index is 13.8. The molecule has 0 aliphatic rings. The van der Waals surface area contributed by atoms with E-state index in [0.717, 1.165) is 12.1 Å². The maximum Gasteiger partial charge on any atom is 0.338 e. The minimum Gasteiger partial charge on any atom is -0.478 e. The fourth-order valence-electron chi connectivity index (χ4n) is 2.00. The molecule has 3 aromatic rings. The number of H-pyrrole nitrogens is 1. The first-order chi connectivity index (χ1) is 9.95. The van der Waals surface area contributed by atoms with Gasteiger partial charge in [-0.25, -0.2) is 18.6 Å². The van der Waals surface area contributed by atoms with Gasteiger partial charge in [0.25, 0.3) is 0 Å². The maximum atomic E-state index is 13.8. The van der Waals surface area contributed by atoms with E-state index in [2.05, 4.69) is 9.97 Å². The molecule has 21 heavy (non-hydrogen) atoms.